The predicted molar refractivity (Wildman–Crippen MR) is 55.1 cm³/mol. The topological polar surface area (TPSA) is 93.2 Å². The fourth-order valence-electron chi connectivity index (χ4n) is 1.15. The van der Waals surface area contributed by atoms with E-state index in [0.29, 0.717) is 19.5 Å². The maximum Gasteiger partial charge on any atom is 0.320 e. The van der Waals surface area contributed by atoms with Crippen molar-refractivity contribution in [3.63, 3.8) is 0 Å². The lowest BCUT2D eigenvalue weighted by Gasteiger charge is -2.07. The molecule has 0 saturated heterocycles. The Labute approximate surface area is 88.1 Å². The molecule has 1 aromatic rings. The first kappa shape index (κ1) is 11.7. The molecule has 6 heteroatoms. The van der Waals surface area contributed by atoms with Crippen LogP contribution in [-0.4, -0.2) is 33.2 Å². The van der Waals surface area contributed by atoms with E-state index in [1.165, 1.54) is 0 Å². The van der Waals surface area contributed by atoms with E-state index in [4.69, 9.17) is 10.8 Å². The number of aromatic nitrogens is 2. The zero-order valence-corrected chi connectivity index (χ0v) is 8.68. The van der Waals surface area contributed by atoms with Crippen LogP contribution in [0.3, 0.4) is 0 Å². The standard InChI is InChI=1S/C9H16N4O2/c1-13-5-4-12-8(13)6-11-3-2-7(10)9(14)15/h4-5,7,11H,2-3,6,10H2,1H3,(H,14,15)/t7-/m0/s1. The second kappa shape index (κ2) is 5.47. The third-order valence-electron chi connectivity index (χ3n) is 2.15. The molecule has 6 nitrogen and oxygen atoms in total. The van der Waals surface area contributed by atoms with Gasteiger partial charge in [0.05, 0.1) is 6.54 Å². The summed E-state index contributed by atoms with van der Waals surface area (Å²) < 4.78 is 1.91. The number of hydrogen-bond acceptors (Lipinski definition) is 4. The molecule has 0 saturated carbocycles. The second-order valence-corrected chi connectivity index (χ2v) is 3.36. The number of carbonyl (C=O) groups is 1. The predicted octanol–water partition coefficient (Wildman–Crippen LogP) is -0.688. The van der Waals surface area contributed by atoms with Gasteiger partial charge in [0.1, 0.15) is 11.9 Å². The van der Waals surface area contributed by atoms with E-state index in [2.05, 4.69) is 10.3 Å². The molecule has 0 aliphatic heterocycles. The van der Waals surface area contributed by atoms with Gasteiger partial charge in [-0.3, -0.25) is 4.79 Å². The third kappa shape index (κ3) is 3.69. The molecule has 0 bridgehead atoms. The van der Waals surface area contributed by atoms with Crippen molar-refractivity contribution in [1.29, 1.82) is 0 Å². The highest BCUT2D eigenvalue weighted by Gasteiger charge is 2.10. The van der Waals surface area contributed by atoms with E-state index >= 15 is 0 Å². The Hall–Kier alpha value is -1.40. The number of hydrogen-bond donors (Lipinski definition) is 3. The molecule has 0 unspecified atom stereocenters. The smallest absolute Gasteiger partial charge is 0.320 e. The Morgan fingerprint density at radius 1 is 1.80 bits per heavy atom. The van der Waals surface area contributed by atoms with Crippen LogP contribution in [0.4, 0.5) is 0 Å². The van der Waals surface area contributed by atoms with E-state index in [1.54, 1.807) is 6.20 Å². The van der Waals surface area contributed by atoms with Crippen molar-refractivity contribution in [2.45, 2.75) is 19.0 Å². The Bertz CT molecular complexity index is 324. The van der Waals surface area contributed by atoms with Crippen molar-refractivity contribution in [2.24, 2.45) is 12.8 Å². The Morgan fingerprint density at radius 3 is 3.07 bits per heavy atom. The van der Waals surface area contributed by atoms with Crippen LogP contribution < -0.4 is 11.1 Å². The Kier molecular flexibility index (Phi) is 4.26. The Morgan fingerprint density at radius 2 is 2.53 bits per heavy atom. The maximum absolute atomic E-state index is 10.4. The number of nitrogens with zero attached hydrogens (tertiary/aromatic N) is 2. The molecule has 15 heavy (non-hydrogen) atoms. The molecule has 0 aliphatic rings. The third-order valence-corrected chi connectivity index (χ3v) is 2.15. The molecule has 0 aliphatic carbocycles. The molecule has 1 heterocycles. The largest absolute Gasteiger partial charge is 0.480 e. The summed E-state index contributed by atoms with van der Waals surface area (Å²) >= 11 is 0. The van der Waals surface area contributed by atoms with Gasteiger partial charge in [-0.1, -0.05) is 0 Å². The van der Waals surface area contributed by atoms with Crippen molar-refractivity contribution < 1.29 is 9.90 Å². The van der Waals surface area contributed by atoms with Gasteiger partial charge >= 0.3 is 5.97 Å². The van der Waals surface area contributed by atoms with Gasteiger partial charge in [-0.2, -0.15) is 0 Å². The van der Waals surface area contributed by atoms with Crippen molar-refractivity contribution in [1.82, 2.24) is 14.9 Å². The van der Waals surface area contributed by atoms with Crippen LogP contribution in [0, 0.1) is 0 Å². The van der Waals surface area contributed by atoms with E-state index in [1.807, 2.05) is 17.8 Å². The minimum atomic E-state index is -0.964. The van der Waals surface area contributed by atoms with Crippen LogP contribution in [0.1, 0.15) is 12.2 Å². The summed E-state index contributed by atoms with van der Waals surface area (Å²) in [5.74, 6) is -0.0484. The van der Waals surface area contributed by atoms with Gasteiger partial charge in [0.2, 0.25) is 0 Å². The summed E-state index contributed by atoms with van der Waals surface area (Å²) in [5.41, 5.74) is 5.35. The lowest BCUT2D eigenvalue weighted by atomic mass is 10.2. The molecule has 1 rings (SSSR count). The quantitative estimate of drug-likeness (QED) is 0.543. The fourth-order valence-corrected chi connectivity index (χ4v) is 1.15. The molecule has 0 aromatic carbocycles. The van der Waals surface area contributed by atoms with Crippen molar-refractivity contribution in [2.75, 3.05) is 6.54 Å². The molecule has 1 atom stereocenters. The van der Waals surface area contributed by atoms with Crippen LogP contribution in [0.25, 0.3) is 0 Å². The summed E-state index contributed by atoms with van der Waals surface area (Å²) in [6.07, 6.45) is 4.00. The van der Waals surface area contributed by atoms with Gasteiger partial charge in [-0.15, -0.1) is 0 Å². The van der Waals surface area contributed by atoms with Gasteiger partial charge in [-0.25, -0.2) is 4.98 Å². The normalized spacial score (nSPS) is 12.7. The summed E-state index contributed by atoms with van der Waals surface area (Å²) in [6.45, 7) is 1.19. The maximum atomic E-state index is 10.4. The van der Waals surface area contributed by atoms with E-state index in [0.717, 1.165) is 5.82 Å². The van der Waals surface area contributed by atoms with Gasteiger partial charge < -0.3 is 20.7 Å². The number of carboxylic acids is 1. The van der Waals surface area contributed by atoms with Crippen LogP contribution in [-0.2, 0) is 18.4 Å². The average molecular weight is 212 g/mol. The Balaban J connectivity index is 2.17. The van der Waals surface area contributed by atoms with Gasteiger partial charge in [0.15, 0.2) is 0 Å². The summed E-state index contributed by atoms with van der Waals surface area (Å²) in [7, 11) is 1.91. The van der Waals surface area contributed by atoms with Crippen LogP contribution in [0.15, 0.2) is 12.4 Å². The van der Waals surface area contributed by atoms with Crippen molar-refractivity contribution in [3.05, 3.63) is 18.2 Å². The lowest BCUT2D eigenvalue weighted by molar-refractivity contribution is -0.138. The highest BCUT2D eigenvalue weighted by atomic mass is 16.4. The lowest BCUT2D eigenvalue weighted by Crippen LogP contribution is -2.33. The number of aryl methyl sites for hydroxylation is 1. The van der Waals surface area contributed by atoms with E-state index in [-0.39, 0.29) is 0 Å². The molecule has 0 amide bonds. The summed E-state index contributed by atoms with van der Waals surface area (Å²) in [6, 6.07) is -0.793. The first-order valence-corrected chi connectivity index (χ1v) is 4.76. The minimum Gasteiger partial charge on any atom is -0.480 e. The number of carboxylic acid groups (broad SMARTS) is 1. The number of rotatable bonds is 6. The van der Waals surface area contributed by atoms with Crippen molar-refractivity contribution >= 4 is 5.97 Å². The molecule has 0 spiro atoms. The highest BCUT2D eigenvalue weighted by Crippen LogP contribution is 1.93. The zero-order chi connectivity index (χ0) is 11.3. The van der Waals surface area contributed by atoms with Gasteiger partial charge in [0, 0.05) is 19.4 Å². The first-order chi connectivity index (χ1) is 7.11. The van der Waals surface area contributed by atoms with Crippen LogP contribution >= 0.6 is 0 Å². The van der Waals surface area contributed by atoms with Crippen molar-refractivity contribution in [3.8, 4) is 0 Å². The fraction of sp³-hybridized carbons (Fsp3) is 0.556. The van der Waals surface area contributed by atoms with Gasteiger partial charge in [0.25, 0.3) is 0 Å². The average Bonchev–Trinajstić information content (AvgIpc) is 2.58. The SMILES string of the molecule is Cn1ccnc1CNCC[C@H](N)C(=O)O. The number of imidazole rings is 1. The number of nitrogens with two attached hydrogens (primary N) is 1. The number of nitrogens with one attached hydrogen (secondary N) is 1. The monoisotopic (exact) mass is 212 g/mol. The van der Waals surface area contributed by atoms with Crippen LogP contribution in [0.2, 0.25) is 0 Å². The molecule has 84 valence electrons. The molecule has 0 radical (unpaired) electrons. The first-order valence-electron chi connectivity index (χ1n) is 4.76. The second-order valence-electron chi connectivity index (χ2n) is 3.36. The summed E-state index contributed by atoms with van der Waals surface area (Å²) in [5, 5.41) is 11.6. The zero-order valence-electron chi connectivity index (χ0n) is 8.68. The summed E-state index contributed by atoms with van der Waals surface area (Å²) in [4.78, 5) is 14.5. The van der Waals surface area contributed by atoms with E-state index < -0.39 is 12.0 Å². The van der Waals surface area contributed by atoms with Gasteiger partial charge in [-0.05, 0) is 13.0 Å². The molecular formula is C9H16N4O2. The number of aliphatic carboxylic acids is 1. The molecule has 4 N–H and O–H groups in total. The highest BCUT2D eigenvalue weighted by molar-refractivity contribution is 5.72. The minimum absolute atomic E-state index is 0.416. The molecule has 1 aromatic heterocycles. The molecular weight excluding hydrogens is 196 g/mol. The van der Waals surface area contributed by atoms with Crippen LogP contribution in [0.5, 0.6) is 0 Å². The van der Waals surface area contributed by atoms with E-state index in [9.17, 15) is 4.79 Å². The molecule has 0 fully saturated rings.